The van der Waals surface area contributed by atoms with Crippen molar-refractivity contribution in [1.82, 2.24) is 52.2 Å². The maximum absolute atomic E-state index is 14.3. The lowest BCUT2D eigenvalue weighted by Gasteiger charge is -2.46. The number of nitrogens with two attached hydrogens (primary N) is 1. The average Bonchev–Trinajstić information content (AvgIpc) is 0.825. The topological polar surface area (TPSA) is 500 Å². The summed E-state index contributed by atoms with van der Waals surface area (Å²) in [5.74, 6) is -5.36. The van der Waals surface area contributed by atoms with E-state index in [4.69, 9.17) is 20.3 Å². The first-order chi connectivity index (χ1) is 49.8. The van der Waals surface area contributed by atoms with Crippen LogP contribution in [0.15, 0.2) is 60.8 Å². The number of carbonyl (C=O) groups excluding carboxylic acids is 7. The summed E-state index contributed by atoms with van der Waals surface area (Å²) in [7, 11) is 0. The highest BCUT2D eigenvalue weighted by Gasteiger charge is 2.46. The van der Waals surface area contributed by atoms with Crippen LogP contribution in [-0.2, 0) is 96.0 Å². The first kappa shape index (κ1) is 76.1. The normalized spacial score (nSPS) is 15.0. The van der Waals surface area contributed by atoms with Crippen LogP contribution in [0.1, 0.15) is 151 Å². The molecule has 5 aromatic carbocycles. The van der Waals surface area contributed by atoms with Crippen LogP contribution in [0.2, 0.25) is 0 Å². The third-order valence-corrected chi connectivity index (χ3v) is 18.1. The minimum absolute atomic E-state index is 0.00327. The Labute approximate surface area is 596 Å². The number of nitrogens with zero attached hydrogens (tertiary/aromatic N) is 3. The smallest absolute Gasteiger partial charge is 0.335 e. The van der Waals surface area contributed by atoms with Crippen molar-refractivity contribution < 1.29 is 82.6 Å². The molecule has 34 nitrogen and oxygen atoms in total. The van der Waals surface area contributed by atoms with Crippen molar-refractivity contribution in [3.8, 4) is 5.75 Å². The van der Waals surface area contributed by atoms with Gasteiger partial charge in [-0.05, 0) is 157 Å². The highest BCUT2D eigenvalue weighted by molar-refractivity contribution is 6.04. The molecule has 2 bridgehead atoms. The number of nitrogens with one attached hydrogen (secondary N) is 13. The number of aromatic nitrogens is 3. The zero-order chi connectivity index (χ0) is 74.9. The number of benzene rings is 5. The minimum Gasteiger partial charge on any atom is -0.491 e. The molecule has 552 valence electrons. The second-order valence-electron chi connectivity index (χ2n) is 25.1. The van der Waals surface area contributed by atoms with E-state index in [9.17, 15) is 68.1 Å². The Balaban J connectivity index is 0.912. The summed E-state index contributed by atoms with van der Waals surface area (Å²) in [6.07, 6.45) is 5.22. The Hall–Kier alpha value is -12.1. The molecule has 19 N–H and O–H groups in total. The lowest BCUT2D eigenvalue weighted by Crippen LogP contribution is -2.54. The summed E-state index contributed by atoms with van der Waals surface area (Å²) in [4.78, 5) is 142. The highest BCUT2D eigenvalue weighted by Crippen LogP contribution is 2.50. The molecular weight excluding hydrogens is 1350 g/mol. The number of ether oxygens (including phenoxy) is 2. The van der Waals surface area contributed by atoms with E-state index in [1.54, 1.807) is 16.9 Å². The van der Waals surface area contributed by atoms with Gasteiger partial charge >= 0.3 is 54.0 Å². The third-order valence-electron chi connectivity index (χ3n) is 18.1. The number of unbranched alkanes of at least 4 members (excludes halogenated alkanes) is 1. The number of fused-ring (bicyclic) bond motifs is 4. The van der Waals surface area contributed by atoms with E-state index in [1.165, 1.54) is 48.5 Å². The zero-order valence-electron chi connectivity index (χ0n) is 58.0. The van der Waals surface area contributed by atoms with Crippen molar-refractivity contribution >= 4 is 100.0 Å². The van der Waals surface area contributed by atoms with Crippen LogP contribution in [0.25, 0.3) is 0 Å². The number of carboxylic acids is 4. The molecule has 0 fully saturated rings. The van der Waals surface area contributed by atoms with Crippen molar-refractivity contribution in [2.75, 3.05) is 64.8 Å². The molecule has 104 heavy (non-hydrogen) atoms. The van der Waals surface area contributed by atoms with Crippen LogP contribution in [0, 0.1) is 6.92 Å². The summed E-state index contributed by atoms with van der Waals surface area (Å²) in [5, 5.41) is 83.7. The summed E-state index contributed by atoms with van der Waals surface area (Å²) in [6.45, 7) is 9.75. The number of amides is 12. The molecule has 0 radical (unpaired) electrons. The number of aromatic carboxylic acids is 3. The van der Waals surface area contributed by atoms with Crippen LogP contribution < -0.4 is 79.6 Å². The number of hydrogen-bond donors (Lipinski definition) is 18. The van der Waals surface area contributed by atoms with Gasteiger partial charge in [0.25, 0.3) is 0 Å². The van der Waals surface area contributed by atoms with E-state index in [2.05, 4.69) is 79.4 Å². The number of anilines is 6. The maximum atomic E-state index is 14.3. The molecule has 3 aliphatic rings. The molecule has 1 aliphatic carbocycles. The lowest BCUT2D eigenvalue weighted by atomic mass is 9.67. The monoisotopic (exact) mass is 1440 g/mol. The molecule has 1 aromatic heterocycles. The highest BCUT2D eigenvalue weighted by atomic mass is 16.5. The molecule has 1 unspecified atom stereocenters. The predicted octanol–water partition coefficient (Wildman–Crippen LogP) is 6.33. The lowest BCUT2D eigenvalue weighted by molar-refractivity contribution is -0.138. The minimum atomic E-state index is -1.33. The second-order valence-corrected chi connectivity index (χ2v) is 25.1. The SMILES string of the molecule is CCc1c2c(CC)c(CNC(=O)Nc3ccc(C(=O)O)cc3NC(=O)NCc3c(C)c4c5c(c3OCCOCCn3cc(CCC(=O)NCCCC[C@H](N)C(=O)O)nn3)CC5(C)NC(=O)Nc3cc(C(=O)O)ccc3NC4)c(CC)c1CNC(=O)Nc1ccc(C(=O)O)cc1NC(=O)CNC(=O)NC2. The van der Waals surface area contributed by atoms with Gasteiger partial charge in [-0.2, -0.15) is 0 Å². The fraction of sp³-hybridized carbons (Fsp3) is 0.386. The molecule has 0 spiro atoms. The van der Waals surface area contributed by atoms with E-state index in [0.29, 0.717) is 103 Å². The van der Waals surface area contributed by atoms with Gasteiger partial charge in [-0.3, -0.25) is 14.4 Å². The molecule has 3 heterocycles. The molecular formula is C70H85N17O17. The number of hydrogen-bond acceptors (Lipinski definition) is 17. The number of carboxylic acid groups (broad SMARTS) is 4. The Bertz CT molecular complexity index is 4350. The Morgan fingerprint density at radius 1 is 0.615 bits per heavy atom. The maximum Gasteiger partial charge on any atom is 0.335 e. The predicted molar refractivity (Wildman–Crippen MR) is 380 cm³/mol. The van der Waals surface area contributed by atoms with E-state index >= 15 is 0 Å². The van der Waals surface area contributed by atoms with Gasteiger partial charge in [0, 0.05) is 75.9 Å². The fourth-order valence-corrected chi connectivity index (χ4v) is 13.0. The number of rotatable bonds is 28. The van der Waals surface area contributed by atoms with Gasteiger partial charge in [-0.25, -0.2) is 43.0 Å². The number of carbonyl (C=O) groups is 11. The van der Waals surface area contributed by atoms with Gasteiger partial charge in [0.1, 0.15) is 18.4 Å². The zero-order valence-corrected chi connectivity index (χ0v) is 58.0. The summed E-state index contributed by atoms with van der Waals surface area (Å²) < 4.78 is 14.2. The van der Waals surface area contributed by atoms with E-state index in [1.807, 2.05) is 34.6 Å². The Morgan fingerprint density at radius 3 is 1.86 bits per heavy atom. The molecule has 34 heteroatoms. The van der Waals surface area contributed by atoms with Gasteiger partial charge < -0.3 is 105 Å². The number of urea groups is 5. The second kappa shape index (κ2) is 34.5. The largest absolute Gasteiger partial charge is 0.491 e. The first-order valence-electron chi connectivity index (χ1n) is 33.9. The van der Waals surface area contributed by atoms with Crippen LogP contribution in [0.4, 0.5) is 58.1 Å². The van der Waals surface area contributed by atoms with Gasteiger partial charge in [0.2, 0.25) is 11.8 Å². The van der Waals surface area contributed by atoms with Gasteiger partial charge in [0.05, 0.1) is 88.4 Å². The van der Waals surface area contributed by atoms with Gasteiger partial charge in [0.15, 0.2) is 0 Å². The van der Waals surface area contributed by atoms with Crippen LogP contribution >= 0.6 is 0 Å². The fourth-order valence-electron chi connectivity index (χ4n) is 13.0. The number of aryl methyl sites for hydroxylation is 1. The molecule has 0 saturated carbocycles. The Morgan fingerprint density at radius 2 is 1.20 bits per heavy atom. The van der Waals surface area contributed by atoms with E-state index in [-0.39, 0.29) is 116 Å². The molecule has 12 amide bonds. The number of aliphatic carboxylic acids is 1. The standard InChI is InChI=1S/C70H85N17O17/c1-6-41-47-31-74-65(98)78-34-58(89)79-55-26-38(62(92)93)13-17-52(55)80-66(99)76-32-48(41)43(8-3)49(42(47)7-2)33-77-67(100)81-53-18-14-39(63(94)95)27-56(53)82-68(101)75-30-46-36(4)45-29-73-51-16-12-37(61(90)91)25-54(51)83-69(102)84-70(5)28-44(59(45)70)60(46)104-24-23-103-22-21-87-35-40(85-86-87)15-19-57(88)72-20-10-9-11-50(71)64(96)97/h12-14,16-18,25-27,35,50,73H,6-11,15,19-24,28-34,71H2,1-5H3,(H,72,88)(H,79,89)(H,90,91)(H,92,93)(H,94,95)(H,96,97)(H2,74,78,98)(H2,75,82,101)(H2,76,80,99)(H2,77,81,100)(H2,83,84,102)/t50-,70?/m0/s1. The van der Waals surface area contributed by atoms with Gasteiger partial charge in [-0.1, -0.05) is 26.0 Å². The summed E-state index contributed by atoms with van der Waals surface area (Å²) >= 11 is 0. The Kier molecular flexibility index (Phi) is 25.3. The average molecular weight is 1440 g/mol. The van der Waals surface area contributed by atoms with Gasteiger partial charge in [-0.15, -0.1) is 5.10 Å². The third kappa shape index (κ3) is 18.9. The van der Waals surface area contributed by atoms with Crippen molar-refractivity contribution in [1.29, 1.82) is 0 Å². The van der Waals surface area contributed by atoms with Crippen molar-refractivity contribution in [3.05, 3.63) is 144 Å². The van der Waals surface area contributed by atoms with E-state index < -0.39 is 78.1 Å². The van der Waals surface area contributed by atoms with Crippen LogP contribution in [0.3, 0.4) is 0 Å². The molecule has 6 aromatic rings. The first-order valence-corrected chi connectivity index (χ1v) is 33.9. The molecule has 2 atom stereocenters. The molecule has 0 saturated heterocycles. The molecule has 2 aliphatic heterocycles. The summed E-state index contributed by atoms with van der Waals surface area (Å²) in [5.41, 5.74) is 13.3. The summed E-state index contributed by atoms with van der Waals surface area (Å²) in [6, 6.07) is 7.30. The van der Waals surface area contributed by atoms with E-state index in [0.717, 1.165) is 33.4 Å². The van der Waals surface area contributed by atoms with Crippen molar-refractivity contribution in [2.45, 2.75) is 143 Å². The van der Waals surface area contributed by atoms with Crippen LogP contribution in [-0.4, -0.2) is 140 Å². The van der Waals surface area contributed by atoms with Crippen LogP contribution in [0.5, 0.6) is 5.75 Å². The van der Waals surface area contributed by atoms with Crippen molar-refractivity contribution in [3.63, 3.8) is 0 Å². The molecule has 9 rings (SSSR count). The quantitative estimate of drug-likeness (QED) is 0.0239. The van der Waals surface area contributed by atoms with Crippen molar-refractivity contribution in [2.24, 2.45) is 5.73 Å².